The molecule has 1 saturated heterocycles. The van der Waals surface area contributed by atoms with Gasteiger partial charge >= 0.3 is 5.97 Å². The highest BCUT2D eigenvalue weighted by molar-refractivity contribution is 5.84. The quantitative estimate of drug-likeness (QED) is 0.849. The molecule has 2 atom stereocenters. The lowest BCUT2D eigenvalue weighted by molar-refractivity contribution is 0.0656. The number of nitrogens with zero attached hydrogens (tertiary/aromatic N) is 1. The van der Waals surface area contributed by atoms with E-state index in [1.165, 1.54) is 12.5 Å². The molecule has 0 radical (unpaired) electrons. The van der Waals surface area contributed by atoms with Gasteiger partial charge < -0.3 is 15.3 Å². The van der Waals surface area contributed by atoms with Crippen molar-refractivity contribution in [3.63, 3.8) is 0 Å². The first-order chi connectivity index (χ1) is 8.56. The van der Waals surface area contributed by atoms with Crippen molar-refractivity contribution in [2.75, 3.05) is 13.1 Å². The number of likely N-dealkylation sites (tertiary alicyclic amines) is 1. The average Bonchev–Trinajstić information content (AvgIpc) is 2.78. The van der Waals surface area contributed by atoms with E-state index in [9.17, 15) is 4.79 Å². The largest absolute Gasteiger partial charge is 0.475 e. The predicted octanol–water partition coefficient (Wildman–Crippen LogP) is 1.54. The van der Waals surface area contributed by atoms with E-state index < -0.39 is 5.97 Å². The van der Waals surface area contributed by atoms with E-state index in [0.717, 1.165) is 19.5 Å². The maximum absolute atomic E-state index is 10.7. The molecule has 18 heavy (non-hydrogen) atoms. The van der Waals surface area contributed by atoms with Gasteiger partial charge in [-0.15, -0.1) is 0 Å². The van der Waals surface area contributed by atoms with Crippen molar-refractivity contribution in [2.24, 2.45) is 11.7 Å². The van der Waals surface area contributed by atoms with E-state index in [1.807, 2.05) is 6.92 Å². The highest BCUT2D eigenvalue weighted by Gasteiger charge is 2.23. The average molecular weight is 252 g/mol. The second-order valence-electron chi connectivity index (χ2n) is 5.07. The summed E-state index contributed by atoms with van der Waals surface area (Å²) in [6, 6.07) is 3.45. The summed E-state index contributed by atoms with van der Waals surface area (Å²) in [6.07, 6.45) is 2.31. The molecule has 1 aliphatic heterocycles. The van der Waals surface area contributed by atoms with Crippen LogP contribution in [0.2, 0.25) is 0 Å². The number of aromatic carboxylic acids is 1. The van der Waals surface area contributed by atoms with Crippen LogP contribution in [-0.2, 0) is 6.54 Å². The highest BCUT2D eigenvalue weighted by atomic mass is 16.4. The van der Waals surface area contributed by atoms with Crippen molar-refractivity contribution in [3.05, 3.63) is 23.7 Å². The minimum Gasteiger partial charge on any atom is -0.475 e. The number of rotatable bonds is 4. The van der Waals surface area contributed by atoms with Gasteiger partial charge in [0.2, 0.25) is 5.76 Å². The van der Waals surface area contributed by atoms with E-state index in [0.29, 0.717) is 18.2 Å². The molecule has 1 aliphatic rings. The minimum atomic E-state index is -1.02. The van der Waals surface area contributed by atoms with Crippen LogP contribution in [-0.4, -0.2) is 35.1 Å². The first-order valence-electron chi connectivity index (χ1n) is 6.36. The van der Waals surface area contributed by atoms with Crippen LogP contribution in [0.4, 0.5) is 0 Å². The summed E-state index contributed by atoms with van der Waals surface area (Å²) >= 11 is 0. The van der Waals surface area contributed by atoms with Gasteiger partial charge in [-0.05, 0) is 44.4 Å². The zero-order valence-corrected chi connectivity index (χ0v) is 10.6. The number of carboxylic acid groups (broad SMARTS) is 1. The van der Waals surface area contributed by atoms with Gasteiger partial charge in [0, 0.05) is 12.6 Å². The third kappa shape index (κ3) is 3.11. The summed E-state index contributed by atoms with van der Waals surface area (Å²) in [5, 5.41) is 8.79. The SMILES string of the molecule is CC(N)C1CCCN(Cc2ccc(C(=O)O)o2)C1. The summed E-state index contributed by atoms with van der Waals surface area (Å²) < 4.78 is 5.27. The number of furan rings is 1. The molecule has 0 aromatic carbocycles. The summed E-state index contributed by atoms with van der Waals surface area (Å²) in [6.45, 7) is 4.69. The van der Waals surface area contributed by atoms with Crippen LogP contribution >= 0.6 is 0 Å². The van der Waals surface area contributed by atoms with E-state index in [4.69, 9.17) is 15.3 Å². The van der Waals surface area contributed by atoms with Crippen LogP contribution in [0.3, 0.4) is 0 Å². The lowest BCUT2D eigenvalue weighted by Crippen LogP contribution is -2.41. The second-order valence-corrected chi connectivity index (χ2v) is 5.07. The molecule has 5 nitrogen and oxygen atoms in total. The van der Waals surface area contributed by atoms with Crippen LogP contribution in [0.1, 0.15) is 36.1 Å². The van der Waals surface area contributed by atoms with Crippen molar-refractivity contribution >= 4 is 5.97 Å². The third-order valence-corrected chi connectivity index (χ3v) is 3.54. The lowest BCUT2D eigenvalue weighted by atomic mass is 9.92. The predicted molar refractivity (Wildman–Crippen MR) is 67.3 cm³/mol. The molecule has 3 N–H and O–H groups in total. The number of hydrogen-bond donors (Lipinski definition) is 2. The van der Waals surface area contributed by atoms with Gasteiger partial charge in [0.1, 0.15) is 5.76 Å². The monoisotopic (exact) mass is 252 g/mol. The Morgan fingerprint density at radius 1 is 1.67 bits per heavy atom. The topological polar surface area (TPSA) is 79.7 Å². The van der Waals surface area contributed by atoms with Crippen molar-refractivity contribution in [1.29, 1.82) is 0 Å². The summed E-state index contributed by atoms with van der Waals surface area (Å²) in [5.41, 5.74) is 5.94. The first-order valence-corrected chi connectivity index (χ1v) is 6.36. The summed E-state index contributed by atoms with van der Waals surface area (Å²) in [7, 11) is 0. The molecule has 5 heteroatoms. The molecule has 2 heterocycles. The van der Waals surface area contributed by atoms with Gasteiger partial charge in [0.15, 0.2) is 0 Å². The second kappa shape index (κ2) is 5.54. The molecule has 0 saturated carbocycles. The smallest absolute Gasteiger partial charge is 0.371 e. The number of carbonyl (C=O) groups is 1. The van der Waals surface area contributed by atoms with Crippen LogP contribution in [0, 0.1) is 5.92 Å². The Labute approximate surface area is 107 Å². The standard InChI is InChI=1S/C13H20N2O3/c1-9(14)10-3-2-6-15(7-10)8-11-4-5-12(18-11)13(16)17/h4-5,9-10H,2-3,6-8,14H2,1H3,(H,16,17). The van der Waals surface area contributed by atoms with Gasteiger partial charge in [0.05, 0.1) is 6.54 Å². The summed E-state index contributed by atoms with van der Waals surface area (Å²) in [4.78, 5) is 13.0. The molecule has 0 bridgehead atoms. The van der Waals surface area contributed by atoms with Crippen LogP contribution in [0.25, 0.3) is 0 Å². The fourth-order valence-corrected chi connectivity index (χ4v) is 2.46. The zero-order chi connectivity index (χ0) is 13.1. The van der Waals surface area contributed by atoms with Gasteiger partial charge in [-0.3, -0.25) is 4.90 Å². The molecular weight excluding hydrogens is 232 g/mol. The van der Waals surface area contributed by atoms with E-state index >= 15 is 0 Å². The minimum absolute atomic E-state index is 0.00533. The van der Waals surface area contributed by atoms with Gasteiger partial charge in [-0.1, -0.05) is 0 Å². The molecule has 1 fully saturated rings. The molecule has 2 unspecified atom stereocenters. The van der Waals surface area contributed by atoms with Gasteiger partial charge in [0.25, 0.3) is 0 Å². The molecule has 2 rings (SSSR count). The Balaban J connectivity index is 1.94. The first kappa shape index (κ1) is 13.1. The Hall–Kier alpha value is -1.33. The molecule has 0 aliphatic carbocycles. The van der Waals surface area contributed by atoms with Crippen LogP contribution < -0.4 is 5.73 Å². The Morgan fingerprint density at radius 2 is 2.44 bits per heavy atom. The number of piperidine rings is 1. The highest BCUT2D eigenvalue weighted by Crippen LogP contribution is 2.21. The number of hydrogen-bond acceptors (Lipinski definition) is 4. The van der Waals surface area contributed by atoms with Crippen molar-refractivity contribution < 1.29 is 14.3 Å². The molecule has 1 aromatic heterocycles. The maximum atomic E-state index is 10.7. The normalized spacial score (nSPS) is 22.9. The van der Waals surface area contributed by atoms with Crippen molar-refractivity contribution in [3.8, 4) is 0 Å². The van der Waals surface area contributed by atoms with Crippen LogP contribution in [0.5, 0.6) is 0 Å². The molecule has 0 spiro atoms. The summed E-state index contributed by atoms with van der Waals surface area (Å²) in [5.74, 6) is 0.212. The van der Waals surface area contributed by atoms with E-state index in [1.54, 1.807) is 6.07 Å². The molecule has 1 aromatic rings. The lowest BCUT2D eigenvalue weighted by Gasteiger charge is -2.34. The number of nitrogens with two attached hydrogens (primary N) is 1. The molecular formula is C13H20N2O3. The Bertz CT molecular complexity index is 414. The maximum Gasteiger partial charge on any atom is 0.371 e. The van der Waals surface area contributed by atoms with E-state index in [2.05, 4.69) is 4.90 Å². The Kier molecular flexibility index (Phi) is 4.04. The number of carboxylic acids is 1. The van der Waals surface area contributed by atoms with Gasteiger partial charge in [-0.2, -0.15) is 0 Å². The zero-order valence-electron chi connectivity index (χ0n) is 10.6. The molecule has 0 amide bonds. The molecule has 100 valence electrons. The van der Waals surface area contributed by atoms with Crippen LogP contribution in [0.15, 0.2) is 16.5 Å². The van der Waals surface area contributed by atoms with E-state index in [-0.39, 0.29) is 11.8 Å². The fourth-order valence-electron chi connectivity index (χ4n) is 2.46. The van der Waals surface area contributed by atoms with Gasteiger partial charge in [-0.25, -0.2) is 4.79 Å². The fraction of sp³-hybridized carbons (Fsp3) is 0.615. The third-order valence-electron chi connectivity index (χ3n) is 3.54. The Morgan fingerprint density at radius 3 is 3.06 bits per heavy atom. The van der Waals surface area contributed by atoms with Crippen molar-refractivity contribution in [1.82, 2.24) is 4.90 Å². The van der Waals surface area contributed by atoms with Crippen molar-refractivity contribution in [2.45, 2.75) is 32.4 Å².